The molecule has 0 aliphatic carbocycles. The van der Waals surface area contributed by atoms with E-state index in [0.29, 0.717) is 5.56 Å². The fraction of sp³-hybridized carbons (Fsp3) is 0.0833. The second-order valence-corrected chi connectivity index (χ2v) is 6.77. The van der Waals surface area contributed by atoms with Crippen LogP contribution in [0.15, 0.2) is 84.9 Å². The molecular weight excluding hydrogens is 350 g/mol. The molecule has 2 N–H and O–H groups in total. The Morgan fingerprint density at radius 2 is 1.46 bits per heavy atom. The van der Waals surface area contributed by atoms with E-state index in [1.165, 1.54) is 0 Å². The van der Waals surface area contributed by atoms with Crippen molar-refractivity contribution in [3.63, 3.8) is 0 Å². The van der Waals surface area contributed by atoms with Crippen molar-refractivity contribution in [2.45, 2.75) is 12.5 Å². The van der Waals surface area contributed by atoms with Gasteiger partial charge in [-0.1, -0.05) is 72.8 Å². The maximum absolute atomic E-state index is 12.7. The second-order valence-electron chi connectivity index (χ2n) is 6.77. The molecule has 0 fully saturated rings. The van der Waals surface area contributed by atoms with Crippen molar-refractivity contribution in [1.82, 2.24) is 5.32 Å². The van der Waals surface area contributed by atoms with Crippen LogP contribution in [-0.2, 0) is 11.2 Å². The highest BCUT2D eigenvalue weighted by molar-refractivity contribution is 6.00. The number of rotatable bonds is 5. The van der Waals surface area contributed by atoms with E-state index in [1.54, 1.807) is 12.1 Å². The van der Waals surface area contributed by atoms with Gasteiger partial charge in [-0.3, -0.25) is 4.79 Å². The molecular formula is C24H19NO3. The highest BCUT2D eigenvalue weighted by Gasteiger charge is 2.22. The van der Waals surface area contributed by atoms with Crippen molar-refractivity contribution in [3.05, 3.63) is 96.1 Å². The standard InChI is InChI=1S/C24H19NO3/c26-23(20-13-12-16-6-1-2-8-18(16)14-20)25-22(24(27)28)15-19-10-5-9-17-7-3-4-11-21(17)19/h1-14,22H,15H2,(H,25,26)(H,27,28)/t22-/m0/s1. The van der Waals surface area contributed by atoms with Gasteiger partial charge in [-0.2, -0.15) is 0 Å². The van der Waals surface area contributed by atoms with Crippen LogP contribution in [0.25, 0.3) is 21.5 Å². The number of carbonyl (C=O) groups excluding carboxylic acids is 1. The summed E-state index contributed by atoms with van der Waals surface area (Å²) in [6, 6.07) is 25.7. The van der Waals surface area contributed by atoms with E-state index in [9.17, 15) is 14.7 Å². The first-order chi connectivity index (χ1) is 13.6. The maximum Gasteiger partial charge on any atom is 0.326 e. The molecule has 0 saturated heterocycles. The normalized spacial score (nSPS) is 12.0. The number of carbonyl (C=O) groups is 2. The number of nitrogens with one attached hydrogen (secondary N) is 1. The molecule has 0 aromatic heterocycles. The minimum atomic E-state index is -1.05. The summed E-state index contributed by atoms with van der Waals surface area (Å²) in [4.78, 5) is 24.5. The van der Waals surface area contributed by atoms with Gasteiger partial charge in [0.15, 0.2) is 0 Å². The van der Waals surface area contributed by atoms with Crippen molar-refractivity contribution in [3.8, 4) is 0 Å². The molecule has 0 aliphatic rings. The molecule has 4 rings (SSSR count). The summed E-state index contributed by atoms with van der Waals surface area (Å²) in [7, 11) is 0. The summed E-state index contributed by atoms with van der Waals surface area (Å²) in [5.74, 6) is -1.44. The van der Waals surface area contributed by atoms with Gasteiger partial charge < -0.3 is 10.4 Å². The highest BCUT2D eigenvalue weighted by atomic mass is 16.4. The topological polar surface area (TPSA) is 66.4 Å². The van der Waals surface area contributed by atoms with Gasteiger partial charge >= 0.3 is 5.97 Å². The van der Waals surface area contributed by atoms with Crippen molar-refractivity contribution in [2.24, 2.45) is 0 Å². The number of benzene rings is 4. The van der Waals surface area contributed by atoms with E-state index in [1.807, 2.05) is 72.8 Å². The highest BCUT2D eigenvalue weighted by Crippen LogP contribution is 2.20. The van der Waals surface area contributed by atoms with Gasteiger partial charge in [-0.15, -0.1) is 0 Å². The Balaban J connectivity index is 1.59. The lowest BCUT2D eigenvalue weighted by molar-refractivity contribution is -0.139. The number of aliphatic carboxylic acids is 1. The van der Waals surface area contributed by atoms with Crippen LogP contribution in [0, 0.1) is 0 Å². The third kappa shape index (κ3) is 3.58. The van der Waals surface area contributed by atoms with Gasteiger partial charge in [0.05, 0.1) is 0 Å². The molecule has 1 amide bonds. The predicted octanol–water partition coefficient (Wildman–Crippen LogP) is 4.42. The number of carboxylic acid groups (broad SMARTS) is 1. The zero-order valence-electron chi connectivity index (χ0n) is 15.1. The van der Waals surface area contributed by atoms with Crippen LogP contribution in [0.5, 0.6) is 0 Å². The average molecular weight is 369 g/mol. The molecule has 4 aromatic carbocycles. The van der Waals surface area contributed by atoms with Crippen LogP contribution in [0.1, 0.15) is 15.9 Å². The van der Waals surface area contributed by atoms with Gasteiger partial charge in [0.2, 0.25) is 0 Å². The van der Waals surface area contributed by atoms with E-state index >= 15 is 0 Å². The lowest BCUT2D eigenvalue weighted by Gasteiger charge is -2.16. The Labute approximate surface area is 162 Å². The van der Waals surface area contributed by atoms with E-state index in [4.69, 9.17) is 0 Å². The van der Waals surface area contributed by atoms with Crippen LogP contribution in [0.3, 0.4) is 0 Å². The monoisotopic (exact) mass is 369 g/mol. The summed E-state index contributed by atoms with van der Waals surface area (Å²) in [5, 5.41) is 16.3. The summed E-state index contributed by atoms with van der Waals surface area (Å²) < 4.78 is 0. The molecule has 0 heterocycles. The Morgan fingerprint density at radius 3 is 2.25 bits per heavy atom. The predicted molar refractivity (Wildman–Crippen MR) is 110 cm³/mol. The molecule has 0 unspecified atom stereocenters. The van der Waals surface area contributed by atoms with Crippen molar-refractivity contribution >= 4 is 33.4 Å². The number of carboxylic acids is 1. The van der Waals surface area contributed by atoms with Gasteiger partial charge in [0.25, 0.3) is 5.91 Å². The third-order valence-corrected chi connectivity index (χ3v) is 4.92. The Morgan fingerprint density at radius 1 is 0.786 bits per heavy atom. The molecule has 4 nitrogen and oxygen atoms in total. The van der Waals surface area contributed by atoms with Crippen molar-refractivity contribution in [2.75, 3.05) is 0 Å². The minimum Gasteiger partial charge on any atom is -0.480 e. The lowest BCUT2D eigenvalue weighted by atomic mass is 9.98. The molecule has 0 spiro atoms. The largest absolute Gasteiger partial charge is 0.480 e. The third-order valence-electron chi connectivity index (χ3n) is 4.92. The number of fused-ring (bicyclic) bond motifs is 2. The van der Waals surface area contributed by atoms with Gasteiger partial charge in [0.1, 0.15) is 6.04 Å². The van der Waals surface area contributed by atoms with Gasteiger partial charge in [0, 0.05) is 12.0 Å². The number of hydrogen-bond acceptors (Lipinski definition) is 2. The number of hydrogen-bond donors (Lipinski definition) is 2. The van der Waals surface area contributed by atoms with Crippen LogP contribution in [0.2, 0.25) is 0 Å². The fourth-order valence-electron chi connectivity index (χ4n) is 3.46. The van der Waals surface area contributed by atoms with E-state index in [0.717, 1.165) is 27.1 Å². The van der Waals surface area contributed by atoms with Gasteiger partial charge in [-0.05, 0) is 39.2 Å². The molecule has 28 heavy (non-hydrogen) atoms. The quantitative estimate of drug-likeness (QED) is 0.547. The maximum atomic E-state index is 12.7. The van der Waals surface area contributed by atoms with Crippen molar-refractivity contribution < 1.29 is 14.7 Å². The summed E-state index contributed by atoms with van der Waals surface area (Å²) >= 11 is 0. The van der Waals surface area contributed by atoms with Crippen LogP contribution < -0.4 is 5.32 Å². The zero-order chi connectivity index (χ0) is 19.5. The van der Waals surface area contributed by atoms with E-state index < -0.39 is 17.9 Å². The first-order valence-corrected chi connectivity index (χ1v) is 9.11. The van der Waals surface area contributed by atoms with E-state index in [2.05, 4.69) is 5.32 Å². The second kappa shape index (κ2) is 7.53. The molecule has 4 heteroatoms. The lowest BCUT2D eigenvalue weighted by Crippen LogP contribution is -2.42. The van der Waals surface area contributed by atoms with Crippen LogP contribution in [-0.4, -0.2) is 23.0 Å². The molecule has 4 aromatic rings. The van der Waals surface area contributed by atoms with Crippen molar-refractivity contribution in [1.29, 1.82) is 0 Å². The van der Waals surface area contributed by atoms with E-state index in [-0.39, 0.29) is 6.42 Å². The Hall–Kier alpha value is -3.66. The molecule has 0 aliphatic heterocycles. The molecule has 0 radical (unpaired) electrons. The minimum absolute atomic E-state index is 0.218. The summed E-state index contributed by atoms with van der Waals surface area (Å²) in [6.45, 7) is 0. The molecule has 1 atom stereocenters. The number of amides is 1. The van der Waals surface area contributed by atoms with Crippen LogP contribution >= 0.6 is 0 Å². The van der Waals surface area contributed by atoms with Crippen LogP contribution in [0.4, 0.5) is 0 Å². The first-order valence-electron chi connectivity index (χ1n) is 9.11. The Bertz CT molecular complexity index is 1180. The SMILES string of the molecule is O=C(N[C@@H](Cc1cccc2ccccc12)C(=O)O)c1ccc2ccccc2c1. The fourth-order valence-corrected chi connectivity index (χ4v) is 3.46. The summed E-state index contributed by atoms with van der Waals surface area (Å²) in [5.41, 5.74) is 1.34. The smallest absolute Gasteiger partial charge is 0.326 e. The molecule has 0 bridgehead atoms. The average Bonchev–Trinajstić information content (AvgIpc) is 2.73. The Kier molecular flexibility index (Phi) is 4.77. The molecule has 0 saturated carbocycles. The van der Waals surface area contributed by atoms with Gasteiger partial charge in [-0.25, -0.2) is 4.79 Å². The zero-order valence-corrected chi connectivity index (χ0v) is 15.1. The summed E-state index contributed by atoms with van der Waals surface area (Å²) in [6.07, 6.45) is 0.218. The first kappa shape index (κ1) is 17.7. The molecule has 138 valence electrons.